The minimum Gasteiger partial charge on any atom is -0.350 e. The van der Waals surface area contributed by atoms with Gasteiger partial charge in [-0.05, 0) is 60.9 Å². The summed E-state index contributed by atoms with van der Waals surface area (Å²) in [6.45, 7) is 3.76. The van der Waals surface area contributed by atoms with E-state index in [0.29, 0.717) is 27.0 Å². The molecule has 1 heterocycles. The van der Waals surface area contributed by atoms with Gasteiger partial charge in [-0.2, -0.15) is 0 Å². The number of aryl methyl sites for hydroxylation is 2. The number of nitrogens with one attached hydrogen (secondary N) is 1. The highest BCUT2D eigenvalue weighted by Gasteiger charge is 2.40. The van der Waals surface area contributed by atoms with Crippen LogP contribution in [0.5, 0.6) is 0 Å². The largest absolute Gasteiger partial charge is 0.350 e. The molecular weight excluding hydrogens is 419 g/mol. The predicted octanol–water partition coefficient (Wildman–Crippen LogP) is 6.01. The number of para-hydroxylation sites is 1. The van der Waals surface area contributed by atoms with E-state index in [-0.39, 0.29) is 11.3 Å². The van der Waals surface area contributed by atoms with E-state index >= 15 is 0 Å². The molecule has 1 aliphatic rings. The van der Waals surface area contributed by atoms with Gasteiger partial charge in [-0.3, -0.25) is 9.59 Å². The van der Waals surface area contributed by atoms with Crippen LogP contribution in [0.15, 0.2) is 72.4 Å². The van der Waals surface area contributed by atoms with Crippen LogP contribution in [0.3, 0.4) is 0 Å². The van der Waals surface area contributed by atoms with Gasteiger partial charge in [0.15, 0.2) is 0 Å². The molecule has 0 unspecified atom stereocenters. The van der Waals surface area contributed by atoms with Gasteiger partial charge in [0.2, 0.25) is 0 Å². The van der Waals surface area contributed by atoms with E-state index in [0.717, 1.165) is 11.1 Å². The molecule has 1 N–H and O–H groups in total. The van der Waals surface area contributed by atoms with Gasteiger partial charge in [0, 0.05) is 15.7 Å². The summed E-state index contributed by atoms with van der Waals surface area (Å²) in [6, 6.07) is 19.5. The molecule has 0 saturated heterocycles. The minimum absolute atomic E-state index is 0.200. The summed E-state index contributed by atoms with van der Waals surface area (Å²) in [5, 5.41) is 4.24. The molecule has 3 aromatic rings. The zero-order chi connectivity index (χ0) is 21.4. The molecule has 0 bridgehead atoms. The maximum absolute atomic E-state index is 13.4. The molecule has 0 aliphatic carbocycles. The van der Waals surface area contributed by atoms with Crippen molar-refractivity contribution in [1.82, 2.24) is 0 Å². The average molecular weight is 437 g/mol. The van der Waals surface area contributed by atoms with E-state index in [9.17, 15) is 9.59 Å². The first-order valence-corrected chi connectivity index (χ1v) is 10.1. The van der Waals surface area contributed by atoms with Crippen LogP contribution in [0, 0.1) is 13.8 Å². The summed E-state index contributed by atoms with van der Waals surface area (Å²) >= 11 is 12.3. The topological polar surface area (TPSA) is 49.4 Å². The standard InChI is InChI=1S/C24H18Cl2N2O2/c1-14-7-12-18(13-19(14)26)27-22-21(16-8-10-17(25)11-9-16)23(29)28(24(22)30)20-6-4-3-5-15(20)2/h3-13,27H,1-2H3. The van der Waals surface area contributed by atoms with Gasteiger partial charge in [0.25, 0.3) is 11.8 Å². The molecule has 0 fully saturated rings. The summed E-state index contributed by atoms with van der Waals surface area (Å²) in [6.07, 6.45) is 0. The molecule has 4 rings (SSSR count). The van der Waals surface area contributed by atoms with Crippen LogP contribution in [-0.4, -0.2) is 11.8 Å². The molecule has 0 spiro atoms. The van der Waals surface area contributed by atoms with Crippen molar-refractivity contribution in [2.75, 3.05) is 10.2 Å². The number of anilines is 2. The number of nitrogens with zero attached hydrogens (tertiary/aromatic N) is 1. The Morgan fingerprint density at radius 1 is 0.800 bits per heavy atom. The van der Waals surface area contributed by atoms with E-state index in [4.69, 9.17) is 23.2 Å². The Balaban J connectivity index is 1.84. The average Bonchev–Trinajstić information content (AvgIpc) is 2.96. The molecule has 0 radical (unpaired) electrons. The lowest BCUT2D eigenvalue weighted by Crippen LogP contribution is -2.33. The van der Waals surface area contributed by atoms with Gasteiger partial charge >= 0.3 is 0 Å². The monoisotopic (exact) mass is 436 g/mol. The second-order valence-corrected chi connectivity index (χ2v) is 7.92. The van der Waals surface area contributed by atoms with Crippen molar-refractivity contribution >= 4 is 52.0 Å². The van der Waals surface area contributed by atoms with E-state index in [2.05, 4.69) is 5.32 Å². The molecule has 150 valence electrons. The van der Waals surface area contributed by atoms with Crippen molar-refractivity contribution < 1.29 is 9.59 Å². The van der Waals surface area contributed by atoms with Crippen molar-refractivity contribution in [1.29, 1.82) is 0 Å². The number of hydrogen-bond acceptors (Lipinski definition) is 3. The SMILES string of the molecule is Cc1ccc(NC2=C(c3ccc(Cl)cc3)C(=O)N(c3ccccc3C)C2=O)cc1Cl. The van der Waals surface area contributed by atoms with Crippen molar-refractivity contribution in [2.45, 2.75) is 13.8 Å². The first-order valence-electron chi connectivity index (χ1n) is 9.34. The highest BCUT2D eigenvalue weighted by atomic mass is 35.5. The van der Waals surface area contributed by atoms with Gasteiger partial charge in [0.05, 0.1) is 11.3 Å². The summed E-state index contributed by atoms with van der Waals surface area (Å²) in [5.41, 5.74) is 4.02. The Kier molecular flexibility index (Phi) is 5.37. The molecule has 2 amide bonds. The normalized spacial score (nSPS) is 13.9. The van der Waals surface area contributed by atoms with Crippen LogP contribution in [0.2, 0.25) is 10.0 Å². The van der Waals surface area contributed by atoms with Crippen molar-refractivity contribution in [3.63, 3.8) is 0 Å². The van der Waals surface area contributed by atoms with E-state index in [1.165, 1.54) is 4.90 Å². The Labute approximate surface area is 184 Å². The summed E-state index contributed by atoms with van der Waals surface area (Å²) in [7, 11) is 0. The molecular formula is C24H18Cl2N2O2. The number of amides is 2. The number of carbonyl (C=O) groups is 2. The van der Waals surface area contributed by atoms with Gasteiger partial charge in [-0.1, -0.05) is 59.6 Å². The molecule has 3 aromatic carbocycles. The highest BCUT2D eigenvalue weighted by Crippen LogP contribution is 2.35. The lowest BCUT2D eigenvalue weighted by molar-refractivity contribution is -0.120. The third kappa shape index (κ3) is 3.60. The highest BCUT2D eigenvalue weighted by molar-refractivity contribution is 6.46. The summed E-state index contributed by atoms with van der Waals surface area (Å²) in [5.74, 6) is -0.812. The second-order valence-electron chi connectivity index (χ2n) is 7.08. The van der Waals surface area contributed by atoms with Gasteiger partial charge in [-0.15, -0.1) is 0 Å². The fourth-order valence-corrected chi connectivity index (χ4v) is 3.68. The van der Waals surface area contributed by atoms with Gasteiger partial charge in [0.1, 0.15) is 5.70 Å². The van der Waals surface area contributed by atoms with E-state index in [1.807, 2.05) is 38.1 Å². The van der Waals surface area contributed by atoms with Gasteiger partial charge < -0.3 is 5.32 Å². The fourth-order valence-electron chi connectivity index (χ4n) is 3.38. The van der Waals surface area contributed by atoms with E-state index in [1.54, 1.807) is 42.5 Å². The Hall–Kier alpha value is -3.08. The van der Waals surface area contributed by atoms with Crippen molar-refractivity contribution in [3.8, 4) is 0 Å². The van der Waals surface area contributed by atoms with Crippen LogP contribution in [0.4, 0.5) is 11.4 Å². The molecule has 0 aromatic heterocycles. The lowest BCUT2D eigenvalue weighted by atomic mass is 10.0. The minimum atomic E-state index is -0.420. The number of imide groups is 1. The smallest absolute Gasteiger partial charge is 0.282 e. The maximum atomic E-state index is 13.4. The Morgan fingerprint density at radius 3 is 2.17 bits per heavy atom. The number of halogens is 2. The first-order chi connectivity index (χ1) is 14.4. The van der Waals surface area contributed by atoms with Crippen LogP contribution >= 0.6 is 23.2 Å². The zero-order valence-corrected chi connectivity index (χ0v) is 17.9. The molecule has 6 heteroatoms. The fraction of sp³-hybridized carbons (Fsp3) is 0.0833. The number of benzene rings is 3. The third-order valence-corrected chi connectivity index (χ3v) is 5.67. The Bertz CT molecular complexity index is 1200. The number of carbonyl (C=O) groups excluding carboxylic acids is 2. The summed E-state index contributed by atoms with van der Waals surface area (Å²) in [4.78, 5) is 28.0. The number of hydrogen-bond donors (Lipinski definition) is 1. The van der Waals surface area contributed by atoms with Gasteiger partial charge in [-0.25, -0.2) is 4.90 Å². The molecule has 30 heavy (non-hydrogen) atoms. The van der Waals surface area contributed by atoms with Crippen LogP contribution < -0.4 is 10.2 Å². The predicted molar refractivity (Wildman–Crippen MR) is 122 cm³/mol. The molecule has 4 nitrogen and oxygen atoms in total. The second kappa shape index (κ2) is 7.98. The van der Waals surface area contributed by atoms with Crippen molar-refractivity contribution in [2.24, 2.45) is 0 Å². The summed E-state index contributed by atoms with van der Waals surface area (Å²) < 4.78 is 0. The molecule has 0 atom stereocenters. The quantitative estimate of drug-likeness (QED) is 0.509. The number of rotatable bonds is 4. The van der Waals surface area contributed by atoms with Crippen LogP contribution in [0.25, 0.3) is 5.57 Å². The first kappa shape index (κ1) is 20.2. The lowest BCUT2D eigenvalue weighted by Gasteiger charge is -2.17. The van der Waals surface area contributed by atoms with Crippen molar-refractivity contribution in [3.05, 3.63) is 99.2 Å². The third-order valence-electron chi connectivity index (χ3n) is 5.01. The van der Waals surface area contributed by atoms with E-state index < -0.39 is 11.8 Å². The van der Waals surface area contributed by atoms with Crippen LogP contribution in [-0.2, 0) is 9.59 Å². The zero-order valence-electron chi connectivity index (χ0n) is 16.4. The van der Waals surface area contributed by atoms with Crippen LogP contribution in [0.1, 0.15) is 16.7 Å². The molecule has 1 aliphatic heterocycles. The Morgan fingerprint density at radius 2 is 1.50 bits per heavy atom. The maximum Gasteiger partial charge on any atom is 0.282 e. The molecule has 0 saturated carbocycles.